The van der Waals surface area contributed by atoms with Crippen LogP contribution in [-0.2, 0) is 30.3 Å². The van der Waals surface area contributed by atoms with E-state index >= 15 is 0 Å². The van der Waals surface area contributed by atoms with Gasteiger partial charge in [-0.2, -0.15) is 0 Å². The van der Waals surface area contributed by atoms with Crippen molar-refractivity contribution in [3.63, 3.8) is 0 Å². The Bertz CT molecular complexity index is 1850. The van der Waals surface area contributed by atoms with Gasteiger partial charge in [0.15, 0.2) is 5.78 Å². The number of allylic oxidation sites excluding steroid dienone is 3. The third-order valence-corrected chi connectivity index (χ3v) is 7.98. The number of carbonyl (C=O) groups excluding carboxylic acids is 1. The van der Waals surface area contributed by atoms with Crippen LogP contribution >= 0.6 is 0 Å². The summed E-state index contributed by atoms with van der Waals surface area (Å²) in [4.78, 5) is 14.9. The summed E-state index contributed by atoms with van der Waals surface area (Å²) in [6.45, 7) is 12.0. The molecule has 1 aliphatic rings. The number of aromatic nitrogens is 1. The fraction of sp³-hybridized carbons (Fsp3) is 0.200. The Balaban J connectivity index is 0.000000497. The van der Waals surface area contributed by atoms with E-state index in [4.69, 9.17) is 10.1 Å². The van der Waals surface area contributed by atoms with Gasteiger partial charge >= 0.3 is 0 Å². The average Bonchev–Trinajstić information content (AvgIpc) is 3.26. The Hall–Kier alpha value is -4.11. The topological polar surface area (TPSA) is 50.2 Å². The summed E-state index contributed by atoms with van der Waals surface area (Å²) in [5.74, 6) is 0.429. The fourth-order valence-electron chi connectivity index (χ4n) is 5.95. The van der Waals surface area contributed by atoms with Gasteiger partial charge in [0, 0.05) is 38.1 Å². The molecule has 1 aliphatic carbocycles. The molecule has 0 atom stereocenters. The van der Waals surface area contributed by atoms with Crippen LogP contribution in [0, 0.1) is 6.07 Å². The molecule has 225 valence electrons. The second-order valence-corrected chi connectivity index (χ2v) is 12.0. The van der Waals surface area contributed by atoms with Crippen molar-refractivity contribution < 1.29 is 30.0 Å². The largest absolute Gasteiger partial charge is 0.512 e. The predicted octanol–water partition coefficient (Wildman–Crippen LogP) is 10.4. The molecule has 0 unspecified atom stereocenters. The maximum Gasteiger partial charge on any atom is 0.155 e. The zero-order chi connectivity index (χ0) is 30.7. The molecule has 4 heteroatoms. The van der Waals surface area contributed by atoms with Crippen LogP contribution in [-0.4, -0.2) is 15.9 Å². The molecule has 0 amide bonds. The van der Waals surface area contributed by atoms with Crippen LogP contribution in [0.3, 0.4) is 0 Å². The van der Waals surface area contributed by atoms with Gasteiger partial charge in [0.2, 0.25) is 0 Å². The zero-order valence-electron chi connectivity index (χ0n) is 26.1. The van der Waals surface area contributed by atoms with Crippen LogP contribution < -0.4 is 0 Å². The summed E-state index contributed by atoms with van der Waals surface area (Å²) in [5, 5.41) is 10.8. The number of carbonyl (C=O) groups is 1. The molecule has 0 saturated heterocycles. The minimum absolute atomic E-state index is 0. The van der Waals surface area contributed by atoms with Crippen molar-refractivity contribution in [1.82, 2.24) is 4.98 Å². The number of hydrogen-bond donors (Lipinski definition) is 1. The predicted molar refractivity (Wildman–Crippen MR) is 180 cm³/mol. The molecule has 1 N–H and O–H groups in total. The van der Waals surface area contributed by atoms with E-state index in [9.17, 15) is 4.79 Å². The van der Waals surface area contributed by atoms with E-state index in [0.29, 0.717) is 5.92 Å². The number of fused-ring (bicyclic) bond motifs is 2. The maximum atomic E-state index is 10.0. The Morgan fingerprint density at radius 2 is 1.52 bits per heavy atom. The van der Waals surface area contributed by atoms with Crippen LogP contribution in [0.4, 0.5) is 0 Å². The number of rotatable bonds is 5. The van der Waals surface area contributed by atoms with Gasteiger partial charge in [0.25, 0.3) is 0 Å². The van der Waals surface area contributed by atoms with E-state index in [-0.39, 0.29) is 37.1 Å². The first kappa shape index (κ1) is 32.8. The van der Waals surface area contributed by atoms with Gasteiger partial charge in [-0.25, -0.2) is 0 Å². The van der Waals surface area contributed by atoms with Gasteiger partial charge in [-0.05, 0) is 58.7 Å². The third-order valence-electron chi connectivity index (χ3n) is 7.98. The van der Waals surface area contributed by atoms with Crippen LogP contribution in [0.15, 0.2) is 109 Å². The summed E-state index contributed by atoms with van der Waals surface area (Å²) in [7, 11) is 0. The number of pyridine rings is 1. The van der Waals surface area contributed by atoms with Crippen molar-refractivity contribution in [1.29, 1.82) is 0 Å². The third kappa shape index (κ3) is 6.83. The molecule has 0 aliphatic heterocycles. The summed E-state index contributed by atoms with van der Waals surface area (Å²) in [6.07, 6.45) is 5.43. The molecule has 0 saturated carbocycles. The number of hydrogen-bond acceptors (Lipinski definition) is 3. The van der Waals surface area contributed by atoms with Crippen molar-refractivity contribution in [2.75, 3.05) is 0 Å². The second kappa shape index (κ2) is 13.7. The van der Waals surface area contributed by atoms with Crippen molar-refractivity contribution in [3.8, 4) is 22.4 Å². The Morgan fingerprint density at radius 3 is 2.09 bits per heavy atom. The molecule has 0 spiro atoms. The SMILES string of the molecule is CC(=O)/C=C(/C)O.CC(C)c1ccc2c(-c3[c-]c4c(c(-c5ccccc5)c3)C(C)(C)C(c3ccccc3)=C4)nccc2c1.[Ir]. The molecule has 1 aromatic heterocycles. The van der Waals surface area contributed by atoms with Gasteiger partial charge in [0.05, 0.1) is 5.76 Å². The normalized spacial score (nSPS) is 13.4. The van der Waals surface area contributed by atoms with Crippen molar-refractivity contribution in [3.05, 3.63) is 137 Å². The molecule has 5 aromatic rings. The Labute approximate surface area is 274 Å². The van der Waals surface area contributed by atoms with E-state index in [1.807, 2.05) is 6.20 Å². The van der Waals surface area contributed by atoms with Crippen molar-refractivity contribution in [2.45, 2.75) is 52.9 Å². The zero-order valence-corrected chi connectivity index (χ0v) is 28.5. The number of benzene rings is 4. The minimum atomic E-state index is -0.144. The first-order valence-electron chi connectivity index (χ1n) is 14.8. The van der Waals surface area contributed by atoms with E-state index in [2.05, 4.69) is 131 Å². The monoisotopic (exact) mass is 757 g/mol. The van der Waals surface area contributed by atoms with Gasteiger partial charge in [-0.3, -0.25) is 9.78 Å². The van der Waals surface area contributed by atoms with Gasteiger partial charge in [0.1, 0.15) is 0 Å². The fourth-order valence-corrected chi connectivity index (χ4v) is 5.95. The molecule has 4 aromatic carbocycles. The van der Waals surface area contributed by atoms with Gasteiger partial charge < -0.3 is 5.11 Å². The standard InChI is InChI=1S/C35H30N.C5H8O2.Ir/c1-23(2)26-15-16-30-27(19-26)17-18-36-34(30)29-20-28-22-32(25-13-9-6-10-14-25)35(3,4)33(28)31(21-29)24-11-7-5-8-12-24;1-4(6)3-5(2)7;/h5-19,21-23H,1-4H3;3,6H,1-2H3;/q-1;;/b;4-3-;. The molecule has 1 heterocycles. The van der Waals surface area contributed by atoms with E-state index in [1.54, 1.807) is 0 Å². The first-order chi connectivity index (χ1) is 20.6. The average molecular weight is 757 g/mol. The van der Waals surface area contributed by atoms with Crippen LogP contribution in [0.1, 0.15) is 69.7 Å². The van der Waals surface area contributed by atoms with Crippen LogP contribution in [0.25, 0.3) is 44.8 Å². The van der Waals surface area contributed by atoms with E-state index in [0.717, 1.165) is 16.8 Å². The quantitative estimate of drug-likeness (QED) is 0.110. The first-order valence-corrected chi connectivity index (χ1v) is 14.8. The number of ketones is 1. The summed E-state index contributed by atoms with van der Waals surface area (Å²) in [5.41, 5.74) is 10.8. The minimum Gasteiger partial charge on any atom is -0.512 e. The summed E-state index contributed by atoms with van der Waals surface area (Å²) < 4.78 is 0. The number of aliphatic hydroxyl groups is 1. The molecular formula is C40H38IrNO2-. The molecule has 6 rings (SSSR count). The summed E-state index contributed by atoms with van der Waals surface area (Å²) >= 11 is 0. The van der Waals surface area contributed by atoms with Crippen LogP contribution in [0.5, 0.6) is 0 Å². The molecule has 1 radical (unpaired) electrons. The molecule has 0 fully saturated rings. The van der Waals surface area contributed by atoms with E-state index in [1.165, 1.54) is 64.1 Å². The van der Waals surface area contributed by atoms with E-state index < -0.39 is 0 Å². The van der Waals surface area contributed by atoms with Crippen LogP contribution in [0.2, 0.25) is 0 Å². The molecule has 44 heavy (non-hydrogen) atoms. The molecular weight excluding hydrogens is 719 g/mol. The summed E-state index contributed by atoms with van der Waals surface area (Å²) in [6, 6.07) is 36.5. The molecule has 3 nitrogen and oxygen atoms in total. The Kier molecular flexibility index (Phi) is 10.2. The van der Waals surface area contributed by atoms with Crippen molar-refractivity contribution >= 4 is 28.2 Å². The maximum absolute atomic E-state index is 10.0. The second-order valence-electron chi connectivity index (χ2n) is 12.0. The van der Waals surface area contributed by atoms with Crippen molar-refractivity contribution in [2.24, 2.45) is 0 Å². The van der Waals surface area contributed by atoms with Gasteiger partial charge in [-0.15, -0.1) is 23.8 Å². The van der Waals surface area contributed by atoms with Gasteiger partial charge in [-0.1, -0.05) is 129 Å². The smallest absolute Gasteiger partial charge is 0.155 e. The number of nitrogens with zero attached hydrogens (tertiary/aromatic N) is 1. The molecule has 0 bridgehead atoms. The number of aliphatic hydroxyl groups excluding tert-OH is 1. The Morgan fingerprint density at radius 1 is 0.886 bits per heavy atom.